The summed E-state index contributed by atoms with van der Waals surface area (Å²) in [5.41, 5.74) is 5.88. The second-order valence-electron chi connectivity index (χ2n) is 5.52. The van der Waals surface area contributed by atoms with E-state index in [1.165, 1.54) is 64.7 Å². The topological polar surface area (TPSA) is 35.7 Å². The quantitative estimate of drug-likeness (QED) is 0.782. The van der Waals surface area contributed by atoms with Crippen molar-refractivity contribution >= 4 is 17.3 Å². The molecular formula is C13H26N4S. The van der Waals surface area contributed by atoms with E-state index in [1.807, 2.05) is 0 Å². The number of rotatable bonds is 4. The van der Waals surface area contributed by atoms with E-state index in [1.54, 1.807) is 0 Å². The molecule has 2 aliphatic heterocycles. The summed E-state index contributed by atoms with van der Waals surface area (Å²) >= 11 is 5.20. The summed E-state index contributed by atoms with van der Waals surface area (Å²) in [7, 11) is 0. The molecule has 0 aromatic heterocycles. The molecule has 0 aromatic carbocycles. The zero-order valence-electron chi connectivity index (χ0n) is 11.3. The van der Waals surface area contributed by atoms with E-state index < -0.39 is 0 Å². The zero-order valence-corrected chi connectivity index (χ0v) is 12.1. The predicted octanol–water partition coefficient (Wildman–Crippen LogP) is 1.42. The highest BCUT2D eigenvalue weighted by Crippen LogP contribution is 2.12. The Bertz CT molecular complexity index is 240. The van der Waals surface area contributed by atoms with Crippen molar-refractivity contribution in [1.82, 2.24) is 14.7 Å². The van der Waals surface area contributed by atoms with Crippen LogP contribution in [0.15, 0.2) is 0 Å². The van der Waals surface area contributed by atoms with Crippen LogP contribution in [-0.4, -0.2) is 59.3 Å². The van der Waals surface area contributed by atoms with Gasteiger partial charge in [-0.15, -0.1) is 0 Å². The lowest BCUT2D eigenvalue weighted by atomic mass is 10.1. The van der Waals surface area contributed by atoms with Gasteiger partial charge in [-0.2, -0.15) is 0 Å². The highest BCUT2D eigenvalue weighted by Gasteiger charge is 2.18. The van der Waals surface area contributed by atoms with Crippen LogP contribution in [-0.2, 0) is 0 Å². The lowest BCUT2D eigenvalue weighted by Crippen LogP contribution is -2.50. The van der Waals surface area contributed by atoms with Crippen molar-refractivity contribution in [3.8, 4) is 0 Å². The van der Waals surface area contributed by atoms with Gasteiger partial charge in [0.05, 0.1) is 13.3 Å². The largest absolute Gasteiger partial charge is 0.376 e. The molecule has 2 heterocycles. The summed E-state index contributed by atoms with van der Waals surface area (Å²) < 4.78 is 0. The number of hydrogen-bond donors (Lipinski definition) is 1. The molecule has 0 atom stereocenters. The van der Waals surface area contributed by atoms with Crippen LogP contribution in [0, 0.1) is 0 Å². The Morgan fingerprint density at radius 1 is 0.833 bits per heavy atom. The van der Waals surface area contributed by atoms with Gasteiger partial charge in [-0.1, -0.05) is 12.8 Å². The summed E-state index contributed by atoms with van der Waals surface area (Å²) in [4.78, 5) is 7.12. The van der Waals surface area contributed by atoms with Gasteiger partial charge in [0, 0.05) is 0 Å². The summed E-state index contributed by atoms with van der Waals surface area (Å²) in [6.07, 6.45) is 8.00. The van der Waals surface area contributed by atoms with Crippen molar-refractivity contribution in [2.75, 3.05) is 39.5 Å². The number of thiocarbonyl (C=S) groups is 1. The Hall–Kier alpha value is -0.390. The summed E-state index contributed by atoms with van der Waals surface area (Å²) in [5.74, 6) is 0. The van der Waals surface area contributed by atoms with Crippen molar-refractivity contribution in [2.24, 2.45) is 5.73 Å². The number of hydrogen-bond acceptors (Lipinski definition) is 3. The van der Waals surface area contributed by atoms with E-state index in [9.17, 15) is 0 Å². The second kappa shape index (κ2) is 7.26. The first-order chi connectivity index (χ1) is 8.75. The van der Waals surface area contributed by atoms with Crippen LogP contribution in [0.4, 0.5) is 0 Å². The molecule has 0 aliphatic carbocycles. The molecule has 0 spiro atoms. The van der Waals surface area contributed by atoms with Gasteiger partial charge in [-0.05, 0) is 64.1 Å². The molecule has 18 heavy (non-hydrogen) atoms. The smallest absolute Gasteiger partial charge is 0.168 e. The van der Waals surface area contributed by atoms with Gasteiger partial charge in [0.2, 0.25) is 0 Å². The van der Waals surface area contributed by atoms with E-state index >= 15 is 0 Å². The maximum absolute atomic E-state index is 5.88. The molecule has 0 bridgehead atoms. The Morgan fingerprint density at radius 3 is 1.56 bits per heavy atom. The van der Waals surface area contributed by atoms with Gasteiger partial charge in [0.1, 0.15) is 0 Å². The standard InChI is InChI=1S/C13H26N4S/c14-13(18)17(11-15-7-3-1-4-8-15)12-16-9-5-2-6-10-16/h1-12H2,(H2,14,18). The minimum Gasteiger partial charge on any atom is -0.376 e. The Balaban J connectivity index is 1.80. The molecule has 2 N–H and O–H groups in total. The van der Waals surface area contributed by atoms with Crippen molar-refractivity contribution in [3.63, 3.8) is 0 Å². The maximum atomic E-state index is 5.88. The number of nitrogens with zero attached hydrogens (tertiary/aromatic N) is 3. The van der Waals surface area contributed by atoms with Crippen molar-refractivity contribution in [2.45, 2.75) is 38.5 Å². The minimum atomic E-state index is 0.547. The third kappa shape index (κ3) is 4.37. The molecule has 2 aliphatic rings. The van der Waals surface area contributed by atoms with Crippen LogP contribution in [0.1, 0.15) is 38.5 Å². The summed E-state index contributed by atoms with van der Waals surface area (Å²) in [6, 6.07) is 0. The SMILES string of the molecule is NC(=S)N(CN1CCCCC1)CN1CCCCC1. The van der Waals surface area contributed by atoms with Crippen molar-refractivity contribution in [3.05, 3.63) is 0 Å². The maximum Gasteiger partial charge on any atom is 0.168 e. The Morgan fingerprint density at radius 2 is 1.22 bits per heavy atom. The molecule has 2 saturated heterocycles. The average Bonchev–Trinajstić information content (AvgIpc) is 2.40. The summed E-state index contributed by atoms with van der Waals surface area (Å²) in [5, 5.41) is 0.547. The number of nitrogens with two attached hydrogens (primary N) is 1. The average molecular weight is 270 g/mol. The molecule has 0 amide bonds. The third-order valence-electron chi connectivity index (χ3n) is 3.95. The van der Waals surface area contributed by atoms with Crippen LogP contribution < -0.4 is 5.73 Å². The van der Waals surface area contributed by atoms with Gasteiger partial charge in [-0.25, -0.2) is 0 Å². The van der Waals surface area contributed by atoms with E-state index in [0.717, 1.165) is 13.3 Å². The Labute approximate surface area is 116 Å². The highest BCUT2D eigenvalue weighted by molar-refractivity contribution is 7.80. The molecule has 104 valence electrons. The normalized spacial score (nSPS) is 22.9. The van der Waals surface area contributed by atoms with E-state index in [-0.39, 0.29) is 0 Å². The molecule has 0 unspecified atom stereocenters. The lowest BCUT2D eigenvalue weighted by molar-refractivity contribution is 0.0993. The van der Waals surface area contributed by atoms with Crippen LogP contribution in [0.5, 0.6) is 0 Å². The van der Waals surface area contributed by atoms with Crippen LogP contribution in [0.25, 0.3) is 0 Å². The monoisotopic (exact) mass is 270 g/mol. The van der Waals surface area contributed by atoms with Crippen molar-refractivity contribution in [1.29, 1.82) is 0 Å². The first-order valence-corrected chi connectivity index (χ1v) is 7.65. The number of likely N-dealkylation sites (tertiary alicyclic amines) is 2. The van der Waals surface area contributed by atoms with Gasteiger partial charge in [0.15, 0.2) is 5.11 Å². The molecule has 0 aromatic rings. The molecule has 2 fully saturated rings. The zero-order chi connectivity index (χ0) is 12.8. The Kier molecular flexibility index (Phi) is 5.66. The first kappa shape index (κ1) is 14.0. The molecule has 0 radical (unpaired) electrons. The minimum absolute atomic E-state index is 0.547. The highest BCUT2D eigenvalue weighted by atomic mass is 32.1. The molecule has 5 heteroatoms. The van der Waals surface area contributed by atoms with Crippen molar-refractivity contribution < 1.29 is 0 Å². The molecule has 4 nitrogen and oxygen atoms in total. The molecule has 2 rings (SSSR count). The first-order valence-electron chi connectivity index (χ1n) is 7.25. The van der Waals surface area contributed by atoms with Gasteiger partial charge in [-0.3, -0.25) is 9.80 Å². The van der Waals surface area contributed by atoms with E-state index in [4.69, 9.17) is 18.0 Å². The summed E-state index contributed by atoms with van der Waals surface area (Å²) in [6.45, 7) is 6.59. The molecule has 0 saturated carbocycles. The fraction of sp³-hybridized carbons (Fsp3) is 0.923. The third-order valence-corrected chi connectivity index (χ3v) is 4.21. The lowest BCUT2D eigenvalue weighted by Gasteiger charge is -2.37. The number of piperidine rings is 2. The molecular weight excluding hydrogens is 244 g/mol. The van der Waals surface area contributed by atoms with Crippen LogP contribution in [0.3, 0.4) is 0 Å². The fourth-order valence-corrected chi connectivity index (χ4v) is 2.98. The van der Waals surface area contributed by atoms with Gasteiger partial charge >= 0.3 is 0 Å². The predicted molar refractivity (Wildman–Crippen MR) is 79.2 cm³/mol. The van der Waals surface area contributed by atoms with E-state index in [2.05, 4.69) is 14.7 Å². The van der Waals surface area contributed by atoms with E-state index in [0.29, 0.717) is 5.11 Å². The van der Waals surface area contributed by atoms with Crippen LogP contribution >= 0.6 is 12.2 Å². The van der Waals surface area contributed by atoms with Gasteiger partial charge in [0.25, 0.3) is 0 Å². The van der Waals surface area contributed by atoms with Gasteiger partial charge < -0.3 is 10.6 Å². The van der Waals surface area contributed by atoms with Crippen LogP contribution in [0.2, 0.25) is 0 Å². The fourth-order valence-electron chi connectivity index (χ4n) is 2.87. The second-order valence-corrected chi connectivity index (χ2v) is 5.94.